The van der Waals surface area contributed by atoms with Gasteiger partial charge in [-0.2, -0.15) is 13.2 Å². The van der Waals surface area contributed by atoms with Crippen molar-refractivity contribution in [2.24, 2.45) is 16.1 Å². The summed E-state index contributed by atoms with van der Waals surface area (Å²) in [6.45, 7) is -0.446. The van der Waals surface area contributed by atoms with Crippen molar-refractivity contribution in [2.45, 2.75) is 49.5 Å². The zero-order valence-electron chi connectivity index (χ0n) is 14.1. The number of aliphatic hydroxyl groups is 1. The van der Waals surface area contributed by atoms with Crippen LogP contribution in [0.25, 0.3) is 0 Å². The van der Waals surface area contributed by atoms with Gasteiger partial charge in [0.15, 0.2) is 0 Å². The van der Waals surface area contributed by atoms with E-state index in [1.54, 1.807) is 0 Å². The Hall–Kier alpha value is -2.10. The Labute approximate surface area is 151 Å². The van der Waals surface area contributed by atoms with Crippen LogP contribution < -0.4 is 5.32 Å². The van der Waals surface area contributed by atoms with Gasteiger partial charge in [-0.1, -0.05) is 12.1 Å². The van der Waals surface area contributed by atoms with E-state index < -0.39 is 36.3 Å². The van der Waals surface area contributed by atoms with Crippen LogP contribution in [-0.2, 0) is 5.66 Å². The van der Waals surface area contributed by atoms with Gasteiger partial charge in [-0.15, -0.1) is 10.2 Å². The second kappa shape index (κ2) is 6.81. The Bertz CT molecular complexity index is 734. The normalized spacial score (nSPS) is 22.3. The van der Waals surface area contributed by atoms with E-state index >= 15 is 0 Å². The third-order valence-electron chi connectivity index (χ3n) is 5.07. The van der Waals surface area contributed by atoms with Gasteiger partial charge in [0.1, 0.15) is 0 Å². The van der Waals surface area contributed by atoms with Crippen molar-refractivity contribution in [3.05, 3.63) is 35.4 Å². The van der Waals surface area contributed by atoms with E-state index in [0.717, 1.165) is 6.07 Å². The summed E-state index contributed by atoms with van der Waals surface area (Å²) in [6.07, 6.45) is -5.06. The maximum Gasteiger partial charge on any atom is 0.442 e. The molecule has 5 nitrogen and oxygen atoms in total. The summed E-state index contributed by atoms with van der Waals surface area (Å²) in [5, 5.41) is 18.3. The Morgan fingerprint density at radius 3 is 2.41 bits per heavy atom. The fourth-order valence-corrected chi connectivity index (χ4v) is 3.35. The lowest BCUT2D eigenvalue weighted by Gasteiger charge is -2.33. The topological polar surface area (TPSA) is 74.0 Å². The highest BCUT2D eigenvalue weighted by Gasteiger charge is 2.65. The van der Waals surface area contributed by atoms with Gasteiger partial charge in [-0.05, 0) is 30.9 Å². The molecule has 1 amide bonds. The molecule has 0 bridgehead atoms. The van der Waals surface area contributed by atoms with E-state index in [-0.39, 0.29) is 42.7 Å². The Balaban J connectivity index is 1.70. The molecule has 2 aliphatic rings. The number of carbonyl (C=O) groups excluding carboxylic acids is 1. The lowest BCUT2D eigenvalue weighted by molar-refractivity contribution is -0.166. The predicted molar refractivity (Wildman–Crippen MR) is 84.3 cm³/mol. The van der Waals surface area contributed by atoms with Crippen LogP contribution in [0, 0.1) is 5.92 Å². The van der Waals surface area contributed by atoms with Gasteiger partial charge in [-0.3, -0.25) is 4.79 Å². The Morgan fingerprint density at radius 1 is 1.26 bits per heavy atom. The van der Waals surface area contributed by atoms with Crippen LogP contribution in [0.1, 0.15) is 41.6 Å². The molecule has 10 heteroatoms. The fraction of sp³-hybridized carbons (Fsp3) is 0.588. The van der Waals surface area contributed by atoms with Crippen LogP contribution in [-0.4, -0.2) is 35.8 Å². The number of benzene rings is 1. The minimum Gasteiger partial charge on any atom is -0.394 e. The summed E-state index contributed by atoms with van der Waals surface area (Å²) in [4.78, 5) is 12.4. The van der Waals surface area contributed by atoms with E-state index in [4.69, 9.17) is 0 Å². The van der Waals surface area contributed by atoms with Gasteiger partial charge in [0.05, 0.1) is 12.6 Å². The summed E-state index contributed by atoms with van der Waals surface area (Å²) < 4.78 is 65.9. The zero-order valence-corrected chi connectivity index (χ0v) is 14.1. The first-order chi connectivity index (χ1) is 12.6. The molecule has 2 N–H and O–H groups in total. The molecule has 1 aromatic carbocycles. The summed E-state index contributed by atoms with van der Waals surface area (Å²) in [5.74, 6) is -3.75. The third kappa shape index (κ3) is 3.95. The largest absolute Gasteiger partial charge is 0.442 e. The van der Waals surface area contributed by atoms with Gasteiger partial charge in [0.2, 0.25) is 5.92 Å². The molecule has 1 heterocycles. The molecule has 0 spiro atoms. The van der Waals surface area contributed by atoms with E-state index in [1.807, 2.05) is 0 Å². The molecule has 1 atom stereocenters. The van der Waals surface area contributed by atoms with Crippen molar-refractivity contribution < 1.29 is 31.9 Å². The molecule has 3 rings (SSSR count). The molecule has 1 aliphatic carbocycles. The van der Waals surface area contributed by atoms with Crippen LogP contribution in [0.4, 0.5) is 22.0 Å². The molecular weight excluding hydrogens is 373 g/mol. The maximum atomic E-state index is 13.3. The smallest absolute Gasteiger partial charge is 0.394 e. The number of hydrogen-bond donors (Lipinski definition) is 2. The number of aliphatic hydroxyl groups excluding tert-OH is 1. The van der Waals surface area contributed by atoms with E-state index in [9.17, 15) is 31.9 Å². The summed E-state index contributed by atoms with van der Waals surface area (Å²) in [7, 11) is 0. The monoisotopic (exact) mass is 391 g/mol. The highest BCUT2D eigenvalue weighted by Crippen LogP contribution is 2.52. The number of hydrogen-bond acceptors (Lipinski definition) is 4. The molecule has 0 saturated heterocycles. The van der Waals surface area contributed by atoms with Gasteiger partial charge >= 0.3 is 11.8 Å². The van der Waals surface area contributed by atoms with Gasteiger partial charge < -0.3 is 10.4 Å². The number of nitrogens with zero attached hydrogens (tertiary/aromatic N) is 2. The number of halogens is 5. The second-order valence-electron chi connectivity index (χ2n) is 6.91. The van der Waals surface area contributed by atoms with Crippen LogP contribution >= 0.6 is 0 Å². The molecule has 1 fully saturated rings. The summed E-state index contributed by atoms with van der Waals surface area (Å²) in [6, 6.07) is 4.10. The standard InChI is InChI=1S/C17H18F5N3O2/c18-15(19)6-4-10(5-7-15)13(9-26)23-14(27)11-2-1-3-12(8-11)16(24-25-16)17(20,21)22/h1-3,8,10,13,26H,4-7,9H2,(H,23,27). The summed E-state index contributed by atoms with van der Waals surface area (Å²) in [5.41, 5.74) is -2.96. The van der Waals surface area contributed by atoms with Crippen molar-refractivity contribution in [1.29, 1.82) is 0 Å². The van der Waals surface area contributed by atoms with Gasteiger partial charge in [-0.25, -0.2) is 8.78 Å². The minimum absolute atomic E-state index is 0.0481. The molecule has 0 radical (unpaired) electrons. The van der Waals surface area contributed by atoms with Crippen molar-refractivity contribution in [3.8, 4) is 0 Å². The van der Waals surface area contributed by atoms with Gasteiger partial charge in [0, 0.05) is 24.0 Å². The lowest BCUT2D eigenvalue weighted by atomic mass is 9.82. The molecular formula is C17H18F5N3O2. The zero-order chi connectivity index (χ0) is 19.9. The van der Waals surface area contributed by atoms with Crippen molar-refractivity contribution in [2.75, 3.05) is 6.61 Å². The predicted octanol–water partition coefficient (Wildman–Crippen LogP) is 3.78. The highest BCUT2D eigenvalue weighted by molar-refractivity contribution is 5.94. The lowest BCUT2D eigenvalue weighted by Crippen LogP contribution is -2.45. The molecule has 148 valence electrons. The molecule has 1 aliphatic heterocycles. The second-order valence-corrected chi connectivity index (χ2v) is 6.91. The van der Waals surface area contributed by atoms with Crippen LogP contribution in [0.2, 0.25) is 0 Å². The van der Waals surface area contributed by atoms with Crippen LogP contribution in [0.15, 0.2) is 34.5 Å². The maximum absolute atomic E-state index is 13.3. The number of carbonyl (C=O) groups is 1. The number of amides is 1. The highest BCUT2D eigenvalue weighted by atomic mass is 19.4. The van der Waals surface area contributed by atoms with Crippen molar-refractivity contribution in [3.63, 3.8) is 0 Å². The Morgan fingerprint density at radius 2 is 1.89 bits per heavy atom. The molecule has 1 unspecified atom stereocenters. The van der Waals surface area contributed by atoms with Gasteiger partial charge in [0.25, 0.3) is 5.91 Å². The number of alkyl halides is 5. The first-order valence-electron chi connectivity index (χ1n) is 8.49. The average molecular weight is 391 g/mol. The average Bonchev–Trinajstić information content (AvgIpc) is 3.42. The van der Waals surface area contributed by atoms with Crippen molar-refractivity contribution in [1.82, 2.24) is 5.32 Å². The molecule has 0 aromatic heterocycles. The quantitative estimate of drug-likeness (QED) is 0.750. The number of nitrogens with one attached hydrogen (secondary N) is 1. The van der Waals surface area contributed by atoms with Crippen LogP contribution in [0.3, 0.4) is 0 Å². The molecule has 1 aromatic rings. The van der Waals surface area contributed by atoms with E-state index in [1.165, 1.54) is 18.2 Å². The SMILES string of the molecule is O=C(NC(CO)C1CCC(F)(F)CC1)c1cccc(C2(C(F)(F)F)N=N2)c1. The fourth-order valence-electron chi connectivity index (χ4n) is 3.35. The first kappa shape index (κ1) is 19.7. The number of rotatable bonds is 5. The van der Waals surface area contributed by atoms with Crippen LogP contribution in [0.5, 0.6) is 0 Å². The van der Waals surface area contributed by atoms with E-state index in [2.05, 4.69) is 15.5 Å². The molecule has 27 heavy (non-hydrogen) atoms. The first-order valence-corrected chi connectivity index (χ1v) is 8.49. The summed E-state index contributed by atoms with van der Waals surface area (Å²) >= 11 is 0. The third-order valence-corrected chi connectivity index (χ3v) is 5.07. The van der Waals surface area contributed by atoms with Crippen molar-refractivity contribution >= 4 is 5.91 Å². The minimum atomic E-state index is -4.71. The van der Waals surface area contributed by atoms with E-state index in [0.29, 0.717) is 0 Å². The Kier molecular flexibility index (Phi) is 4.96. The molecule has 1 saturated carbocycles.